The number of carbonyl (C=O) groups is 2. The molecular weight excluding hydrogens is 487 g/mol. The predicted octanol–water partition coefficient (Wildman–Crippen LogP) is 6.71. The standard InChI is InChI=1S/C24H29Cl3N2O2S/c1-4-22(24(31)28-14-16(2)3)29(15-17-5-6-19(26)13-21(17)27)23(30)11-12-32-20-9-7-18(25)8-10-20/h5-10,13,16,22H,4,11-12,14-15H2,1-3H3,(H,28,31)/t22-/m1/s1. The molecule has 0 spiro atoms. The Bertz CT molecular complexity index is 907. The van der Waals surface area contributed by atoms with Crippen LogP contribution in [0.25, 0.3) is 0 Å². The zero-order chi connectivity index (χ0) is 23.7. The maximum absolute atomic E-state index is 13.3. The van der Waals surface area contributed by atoms with Crippen molar-refractivity contribution in [1.29, 1.82) is 0 Å². The molecule has 2 amide bonds. The van der Waals surface area contributed by atoms with Gasteiger partial charge in [0.1, 0.15) is 6.04 Å². The van der Waals surface area contributed by atoms with Crippen molar-refractivity contribution in [2.45, 2.75) is 51.1 Å². The van der Waals surface area contributed by atoms with Crippen molar-refractivity contribution in [2.75, 3.05) is 12.3 Å². The SMILES string of the molecule is CC[C@H](C(=O)NCC(C)C)N(Cc1ccc(Cl)cc1Cl)C(=O)CCSc1ccc(Cl)cc1. The van der Waals surface area contributed by atoms with Crippen molar-refractivity contribution in [3.05, 3.63) is 63.1 Å². The van der Waals surface area contributed by atoms with Gasteiger partial charge >= 0.3 is 0 Å². The number of nitrogens with zero attached hydrogens (tertiary/aromatic N) is 1. The summed E-state index contributed by atoms with van der Waals surface area (Å²) in [6.07, 6.45) is 0.803. The molecule has 32 heavy (non-hydrogen) atoms. The van der Waals surface area contributed by atoms with Crippen LogP contribution in [0.15, 0.2) is 47.4 Å². The van der Waals surface area contributed by atoms with E-state index in [1.54, 1.807) is 34.9 Å². The molecule has 2 rings (SSSR count). The van der Waals surface area contributed by atoms with E-state index in [9.17, 15) is 9.59 Å². The van der Waals surface area contributed by atoms with Gasteiger partial charge in [0.05, 0.1) is 0 Å². The quantitative estimate of drug-likeness (QED) is 0.338. The van der Waals surface area contributed by atoms with Gasteiger partial charge in [-0.3, -0.25) is 9.59 Å². The number of hydrogen-bond donors (Lipinski definition) is 1. The number of nitrogens with one attached hydrogen (secondary N) is 1. The molecule has 0 aliphatic rings. The minimum atomic E-state index is -0.575. The summed E-state index contributed by atoms with van der Waals surface area (Å²) in [5.41, 5.74) is 0.755. The van der Waals surface area contributed by atoms with Crippen molar-refractivity contribution in [3.63, 3.8) is 0 Å². The largest absolute Gasteiger partial charge is 0.354 e. The Kier molecular flexibility index (Phi) is 11.2. The van der Waals surface area contributed by atoms with Gasteiger partial charge < -0.3 is 10.2 Å². The molecule has 0 fully saturated rings. The van der Waals surface area contributed by atoms with Gasteiger partial charge in [-0.1, -0.05) is 61.6 Å². The number of amides is 2. The summed E-state index contributed by atoms with van der Waals surface area (Å²) in [5, 5.41) is 4.64. The summed E-state index contributed by atoms with van der Waals surface area (Å²) < 4.78 is 0. The molecule has 0 saturated carbocycles. The van der Waals surface area contributed by atoms with Crippen molar-refractivity contribution in [3.8, 4) is 0 Å². The van der Waals surface area contributed by atoms with E-state index in [2.05, 4.69) is 5.32 Å². The molecule has 0 saturated heterocycles. The van der Waals surface area contributed by atoms with E-state index in [0.29, 0.717) is 46.1 Å². The highest BCUT2D eigenvalue weighted by Gasteiger charge is 2.29. The van der Waals surface area contributed by atoms with Crippen LogP contribution >= 0.6 is 46.6 Å². The van der Waals surface area contributed by atoms with E-state index in [-0.39, 0.29) is 18.4 Å². The second-order valence-electron chi connectivity index (χ2n) is 7.87. The summed E-state index contributed by atoms with van der Waals surface area (Å²) in [4.78, 5) is 28.8. The van der Waals surface area contributed by atoms with Gasteiger partial charge in [0.25, 0.3) is 0 Å². The highest BCUT2D eigenvalue weighted by Crippen LogP contribution is 2.25. The normalized spacial score (nSPS) is 12.0. The number of hydrogen-bond acceptors (Lipinski definition) is 3. The van der Waals surface area contributed by atoms with Crippen LogP contribution in [0.3, 0.4) is 0 Å². The first kappa shape index (κ1) is 26.8. The Balaban J connectivity index is 2.15. The Morgan fingerprint density at radius 1 is 1.03 bits per heavy atom. The number of rotatable bonds is 11. The van der Waals surface area contributed by atoms with Gasteiger partial charge in [0, 0.05) is 45.2 Å². The fourth-order valence-corrected chi connectivity index (χ4v) is 4.54. The van der Waals surface area contributed by atoms with Gasteiger partial charge in [-0.15, -0.1) is 11.8 Å². The van der Waals surface area contributed by atoms with Gasteiger partial charge in [-0.25, -0.2) is 0 Å². The van der Waals surface area contributed by atoms with Crippen molar-refractivity contribution < 1.29 is 9.59 Å². The zero-order valence-corrected chi connectivity index (χ0v) is 21.6. The van der Waals surface area contributed by atoms with Crippen LogP contribution in [0.2, 0.25) is 15.1 Å². The molecule has 1 atom stereocenters. The lowest BCUT2D eigenvalue weighted by molar-refractivity contribution is -0.141. The smallest absolute Gasteiger partial charge is 0.242 e. The monoisotopic (exact) mass is 514 g/mol. The molecule has 0 aliphatic heterocycles. The number of carbonyl (C=O) groups excluding carboxylic acids is 2. The maximum atomic E-state index is 13.3. The molecule has 0 aliphatic carbocycles. The third kappa shape index (κ3) is 8.51. The minimum absolute atomic E-state index is 0.0935. The Hall–Kier alpha value is -1.40. The van der Waals surface area contributed by atoms with E-state index in [4.69, 9.17) is 34.8 Å². The van der Waals surface area contributed by atoms with Crippen LogP contribution in [0.1, 0.15) is 39.2 Å². The van der Waals surface area contributed by atoms with Crippen molar-refractivity contribution in [2.24, 2.45) is 5.92 Å². The highest BCUT2D eigenvalue weighted by molar-refractivity contribution is 7.99. The van der Waals surface area contributed by atoms with Crippen molar-refractivity contribution >= 4 is 58.4 Å². The lowest BCUT2D eigenvalue weighted by Gasteiger charge is -2.31. The van der Waals surface area contributed by atoms with E-state index in [1.807, 2.05) is 45.0 Å². The van der Waals surface area contributed by atoms with Crippen LogP contribution in [-0.4, -0.2) is 35.1 Å². The molecule has 2 aromatic rings. The van der Waals surface area contributed by atoms with E-state index in [0.717, 1.165) is 10.5 Å². The predicted molar refractivity (Wildman–Crippen MR) is 136 cm³/mol. The molecule has 0 bridgehead atoms. The first-order valence-electron chi connectivity index (χ1n) is 10.6. The van der Waals surface area contributed by atoms with Crippen LogP contribution in [0.5, 0.6) is 0 Å². The average molecular weight is 516 g/mol. The maximum Gasteiger partial charge on any atom is 0.242 e. The lowest BCUT2D eigenvalue weighted by Crippen LogP contribution is -2.49. The van der Waals surface area contributed by atoms with Gasteiger partial charge in [-0.05, 0) is 54.3 Å². The molecule has 0 aromatic heterocycles. The summed E-state index contributed by atoms with van der Waals surface area (Å²) in [7, 11) is 0. The molecule has 4 nitrogen and oxygen atoms in total. The molecule has 8 heteroatoms. The molecular formula is C24H29Cl3N2O2S. The Labute approximate surface area is 210 Å². The van der Waals surface area contributed by atoms with Gasteiger partial charge in [0.15, 0.2) is 0 Å². The number of halogens is 3. The van der Waals surface area contributed by atoms with E-state index >= 15 is 0 Å². The first-order chi connectivity index (χ1) is 15.2. The van der Waals surface area contributed by atoms with Crippen LogP contribution in [0, 0.1) is 5.92 Å². The van der Waals surface area contributed by atoms with E-state index < -0.39 is 6.04 Å². The number of thioether (sulfide) groups is 1. The van der Waals surface area contributed by atoms with E-state index in [1.165, 1.54) is 0 Å². The summed E-state index contributed by atoms with van der Waals surface area (Å²) in [6.45, 7) is 6.78. The third-order valence-corrected chi connectivity index (χ3v) is 6.68. The molecule has 1 N–H and O–H groups in total. The summed E-state index contributed by atoms with van der Waals surface area (Å²) in [5.74, 6) is 0.672. The van der Waals surface area contributed by atoms with Crippen LogP contribution in [0.4, 0.5) is 0 Å². The second-order valence-corrected chi connectivity index (χ2v) is 10.3. The first-order valence-corrected chi connectivity index (χ1v) is 12.7. The molecule has 2 aromatic carbocycles. The Morgan fingerprint density at radius 3 is 2.28 bits per heavy atom. The lowest BCUT2D eigenvalue weighted by atomic mass is 10.1. The van der Waals surface area contributed by atoms with Crippen LogP contribution in [-0.2, 0) is 16.1 Å². The fraction of sp³-hybridized carbons (Fsp3) is 0.417. The molecule has 0 heterocycles. The van der Waals surface area contributed by atoms with Gasteiger partial charge in [0.2, 0.25) is 11.8 Å². The Morgan fingerprint density at radius 2 is 1.69 bits per heavy atom. The summed E-state index contributed by atoms with van der Waals surface area (Å²) >= 11 is 19.9. The van der Waals surface area contributed by atoms with Gasteiger partial charge in [-0.2, -0.15) is 0 Å². The average Bonchev–Trinajstić information content (AvgIpc) is 2.74. The fourth-order valence-electron chi connectivity index (χ4n) is 3.11. The summed E-state index contributed by atoms with van der Waals surface area (Å²) in [6, 6.07) is 12.1. The topological polar surface area (TPSA) is 49.4 Å². The molecule has 0 unspecified atom stereocenters. The minimum Gasteiger partial charge on any atom is -0.354 e. The van der Waals surface area contributed by atoms with Crippen LogP contribution < -0.4 is 5.32 Å². The third-order valence-electron chi connectivity index (χ3n) is 4.82. The molecule has 0 radical (unpaired) electrons. The number of benzene rings is 2. The van der Waals surface area contributed by atoms with Crippen molar-refractivity contribution in [1.82, 2.24) is 10.2 Å². The molecule has 174 valence electrons. The second kappa shape index (κ2) is 13.3. The highest BCUT2D eigenvalue weighted by atomic mass is 35.5. The zero-order valence-electron chi connectivity index (χ0n) is 18.5.